The van der Waals surface area contributed by atoms with E-state index in [4.69, 9.17) is 29.9 Å². The molecule has 3 fully saturated rings. The number of piperidine rings is 1. The Balaban J connectivity index is -0.000000215. The van der Waals surface area contributed by atoms with Crippen molar-refractivity contribution in [3.05, 3.63) is 0 Å². The third-order valence-electron chi connectivity index (χ3n) is 7.18. The molecule has 1 unspecified atom stereocenters. The van der Waals surface area contributed by atoms with Crippen molar-refractivity contribution >= 4 is 0 Å². The van der Waals surface area contributed by atoms with Crippen molar-refractivity contribution in [2.75, 3.05) is 93.0 Å². The van der Waals surface area contributed by atoms with Gasteiger partial charge in [-0.15, -0.1) is 0 Å². The maximum atomic E-state index is 8.83. The van der Waals surface area contributed by atoms with E-state index in [2.05, 4.69) is 56.9 Å². The number of aliphatic hydroxyl groups is 4. The summed E-state index contributed by atoms with van der Waals surface area (Å²) in [4.78, 5) is 4.57. The van der Waals surface area contributed by atoms with Gasteiger partial charge in [-0.2, -0.15) is 0 Å². The van der Waals surface area contributed by atoms with Crippen molar-refractivity contribution in [1.82, 2.24) is 15.1 Å². The van der Waals surface area contributed by atoms with E-state index in [-0.39, 0.29) is 6.61 Å². The fourth-order valence-corrected chi connectivity index (χ4v) is 3.05. The second-order valence-electron chi connectivity index (χ2n) is 12.7. The fraction of sp³-hybridized carbons (Fsp3) is 1.00. The van der Waals surface area contributed by atoms with E-state index >= 15 is 0 Å². The van der Waals surface area contributed by atoms with Crippen LogP contribution < -0.4 is 5.32 Å². The minimum atomic E-state index is -0.509. The number of rotatable bonds is 7. The molecule has 9 nitrogen and oxygen atoms in total. The van der Waals surface area contributed by atoms with Crippen LogP contribution in [0.4, 0.5) is 0 Å². The van der Waals surface area contributed by atoms with Gasteiger partial charge in [-0.25, -0.2) is 0 Å². The van der Waals surface area contributed by atoms with Gasteiger partial charge in [0.1, 0.15) is 0 Å². The molecule has 0 bridgehead atoms. The molecule has 0 spiro atoms. The zero-order chi connectivity index (χ0) is 34.7. The Morgan fingerprint density at radius 1 is 0.818 bits per heavy atom. The molecule has 3 aliphatic rings. The van der Waals surface area contributed by atoms with Crippen molar-refractivity contribution in [3.8, 4) is 0 Å². The molecular formula is C35H81N3O6. The highest BCUT2D eigenvalue weighted by Crippen LogP contribution is 2.12. The quantitative estimate of drug-likeness (QED) is 0.261. The molecule has 0 aliphatic carbocycles. The van der Waals surface area contributed by atoms with Crippen LogP contribution in [0.5, 0.6) is 0 Å². The first kappa shape index (κ1) is 50.5. The molecule has 3 heterocycles. The van der Waals surface area contributed by atoms with Crippen molar-refractivity contribution in [2.24, 2.45) is 11.8 Å². The van der Waals surface area contributed by atoms with Gasteiger partial charge in [-0.1, -0.05) is 48.5 Å². The number of aliphatic hydroxyl groups excluding tert-OH is 3. The van der Waals surface area contributed by atoms with E-state index in [9.17, 15) is 0 Å². The van der Waals surface area contributed by atoms with Crippen LogP contribution in [-0.2, 0) is 9.47 Å². The highest BCUT2D eigenvalue weighted by Gasteiger charge is 2.08. The summed E-state index contributed by atoms with van der Waals surface area (Å²) in [6.07, 6.45) is 8.37. The van der Waals surface area contributed by atoms with E-state index < -0.39 is 11.7 Å². The largest absolute Gasteiger partial charge is 0.396 e. The standard InChI is InChI=1S/C7H15NO.C6H13N.C6H12O.C5H12O.C4H11N.C4H10O2.C3H8O/c1-2-3-8-4-6-9-7-5-8;2*1-6-2-4-7-5-3-6;1-4-5(2,3)6;1-4-5(2)3;1-2-4(6)3-5;1-2-3-4/h2-7H2,1H3;6-7H,2-5H2,1H3;6H,2-5H2,1H3;6H,4H2,1-3H3;4H2,1-3H3;4-6H,2-3H2,1H3;4H,2-3H2,1H3. The van der Waals surface area contributed by atoms with Crippen molar-refractivity contribution < 1.29 is 29.9 Å². The third kappa shape index (κ3) is 51.2. The SMILES string of the molecule is CC1CCNCC1.CC1CCOCC1.CCC(C)(C)O.CCC(O)CO.CCCN1CCOCC1.CCCO.CCN(C)C. The number of nitrogens with zero attached hydrogens (tertiary/aromatic N) is 2. The summed E-state index contributed by atoms with van der Waals surface area (Å²) >= 11 is 0. The molecule has 3 aliphatic heterocycles. The lowest BCUT2D eigenvalue weighted by molar-refractivity contribution is 0.0380. The lowest BCUT2D eigenvalue weighted by atomic mass is 10.0. The summed E-state index contributed by atoms with van der Waals surface area (Å²) in [6, 6.07) is 0. The Labute approximate surface area is 275 Å². The van der Waals surface area contributed by atoms with E-state index in [1.807, 2.05) is 20.8 Å². The zero-order valence-corrected chi connectivity index (χ0v) is 31.4. The van der Waals surface area contributed by atoms with Crippen LogP contribution in [0.25, 0.3) is 0 Å². The lowest BCUT2D eigenvalue weighted by Crippen LogP contribution is -2.36. The van der Waals surface area contributed by atoms with Gasteiger partial charge in [-0.3, -0.25) is 4.90 Å². The molecule has 5 N–H and O–H groups in total. The van der Waals surface area contributed by atoms with Crippen LogP contribution in [0.3, 0.4) is 0 Å². The first-order chi connectivity index (χ1) is 20.8. The highest BCUT2D eigenvalue weighted by molar-refractivity contribution is 4.63. The van der Waals surface area contributed by atoms with Crippen LogP contribution in [-0.4, -0.2) is 135 Å². The van der Waals surface area contributed by atoms with E-state index in [0.717, 1.165) is 70.7 Å². The van der Waals surface area contributed by atoms with Crippen LogP contribution in [0.2, 0.25) is 0 Å². The number of nitrogens with one attached hydrogen (secondary N) is 1. The average molecular weight is 640 g/mol. The first-order valence-electron chi connectivity index (χ1n) is 17.6. The Bertz CT molecular complexity index is 467. The number of hydrogen-bond acceptors (Lipinski definition) is 9. The number of morpholine rings is 1. The third-order valence-corrected chi connectivity index (χ3v) is 7.18. The molecule has 0 aromatic carbocycles. The monoisotopic (exact) mass is 640 g/mol. The Morgan fingerprint density at radius 3 is 1.43 bits per heavy atom. The van der Waals surface area contributed by atoms with Crippen molar-refractivity contribution in [3.63, 3.8) is 0 Å². The number of hydrogen-bond donors (Lipinski definition) is 5. The molecule has 1 atom stereocenters. The second kappa shape index (κ2) is 38.8. The van der Waals surface area contributed by atoms with Crippen LogP contribution in [0.15, 0.2) is 0 Å². The van der Waals surface area contributed by atoms with Gasteiger partial charge < -0.3 is 40.1 Å². The van der Waals surface area contributed by atoms with Gasteiger partial charge in [0.25, 0.3) is 0 Å². The van der Waals surface area contributed by atoms with Gasteiger partial charge in [0.2, 0.25) is 0 Å². The summed E-state index contributed by atoms with van der Waals surface area (Å²) in [6.45, 7) is 29.4. The van der Waals surface area contributed by atoms with E-state index in [1.54, 1.807) is 13.8 Å². The van der Waals surface area contributed by atoms with Crippen molar-refractivity contribution in [1.29, 1.82) is 0 Å². The highest BCUT2D eigenvalue weighted by atomic mass is 16.5. The summed E-state index contributed by atoms with van der Waals surface area (Å²) in [5, 5.41) is 36.5. The predicted octanol–water partition coefficient (Wildman–Crippen LogP) is 5.04. The molecule has 272 valence electrons. The molecule has 0 aromatic heterocycles. The van der Waals surface area contributed by atoms with E-state index in [1.165, 1.54) is 51.7 Å². The lowest BCUT2D eigenvalue weighted by Gasteiger charge is -2.25. The Hall–Kier alpha value is -0.360. The summed E-state index contributed by atoms with van der Waals surface area (Å²) in [5.74, 6) is 1.88. The Kier molecular flexibility index (Phi) is 44.6. The molecule has 0 radical (unpaired) electrons. The van der Waals surface area contributed by atoms with E-state index in [0.29, 0.717) is 13.0 Å². The number of ether oxygens (including phenoxy) is 2. The molecular weight excluding hydrogens is 558 g/mol. The zero-order valence-electron chi connectivity index (χ0n) is 31.4. The topological polar surface area (TPSA) is 118 Å². The van der Waals surface area contributed by atoms with Crippen LogP contribution in [0, 0.1) is 11.8 Å². The summed E-state index contributed by atoms with van der Waals surface area (Å²) < 4.78 is 10.3. The predicted molar refractivity (Wildman–Crippen MR) is 190 cm³/mol. The van der Waals surface area contributed by atoms with Crippen molar-refractivity contribution in [2.45, 2.75) is 125 Å². The maximum Gasteiger partial charge on any atom is 0.0768 e. The maximum absolute atomic E-state index is 8.83. The van der Waals surface area contributed by atoms with Crippen LogP contribution in [0.1, 0.15) is 114 Å². The molecule has 0 saturated carbocycles. The molecule has 44 heavy (non-hydrogen) atoms. The average Bonchev–Trinajstić information content (AvgIpc) is 3.03. The van der Waals surface area contributed by atoms with Gasteiger partial charge >= 0.3 is 0 Å². The fourth-order valence-electron chi connectivity index (χ4n) is 3.05. The minimum Gasteiger partial charge on any atom is -0.396 e. The molecule has 0 amide bonds. The first-order valence-corrected chi connectivity index (χ1v) is 17.6. The summed E-state index contributed by atoms with van der Waals surface area (Å²) in [5.41, 5.74) is -0.458. The van der Waals surface area contributed by atoms with Gasteiger partial charge in [-0.05, 0) is 117 Å². The van der Waals surface area contributed by atoms with Gasteiger partial charge in [0.05, 0.1) is 31.5 Å². The Morgan fingerprint density at radius 2 is 1.23 bits per heavy atom. The smallest absolute Gasteiger partial charge is 0.0768 e. The molecule has 3 saturated heterocycles. The molecule has 9 heteroatoms. The van der Waals surface area contributed by atoms with Gasteiger partial charge in [0.15, 0.2) is 0 Å². The minimum absolute atomic E-state index is 0.115. The molecule has 3 rings (SSSR count). The second-order valence-corrected chi connectivity index (χ2v) is 12.7. The normalized spacial score (nSPS) is 18.0. The van der Waals surface area contributed by atoms with Gasteiger partial charge in [0, 0.05) is 32.9 Å². The summed E-state index contributed by atoms with van der Waals surface area (Å²) in [7, 11) is 4.11. The molecule has 0 aromatic rings. The van der Waals surface area contributed by atoms with Crippen LogP contribution >= 0.6 is 0 Å².